The van der Waals surface area contributed by atoms with Crippen molar-refractivity contribution in [1.29, 1.82) is 0 Å². The monoisotopic (exact) mass is 186 g/mol. The van der Waals surface area contributed by atoms with Gasteiger partial charge in [-0.05, 0) is 18.8 Å². The maximum atomic E-state index is 11.1. The van der Waals surface area contributed by atoms with Crippen molar-refractivity contribution in [2.45, 2.75) is 47.5 Å². The predicted octanol–water partition coefficient (Wildman–Crippen LogP) is 2.85. The highest BCUT2D eigenvalue weighted by Crippen LogP contribution is 2.07. The highest BCUT2D eigenvalue weighted by Gasteiger charge is 2.06. The fourth-order valence-electron chi connectivity index (χ4n) is 0.994. The van der Waals surface area contributed by atoms with Crippen molar-refractivity contribution in [3.63, 3.8) is 0 Å². The lowest BCUT2D eigenvalue weighted by atomic mass is 10.00. The van der Waals surface area contributed by atoms with Gasteiger partial charge in [0.15, 0.2) is 0 Å². The van der Waals surface area contributed by atoms with Crippen LogP contribution in [0.1, 0.15) is 47.5 Å². The number of carbonyl (C=O) groups is 2. The van der Waals surface area contributed by atoms with Crippen molar-refractivity contribution in [3.05, 3.63) is 0 Å². The molecule has 0 atom stereocenters. The molecule has 0 spiro atoms. The summed E-state index contributed by atoms with van der Waals surface area (Å²) in [5.74, 6) is 1.45. The zero-order chi connectivity index (χ0) is 10.9. The standard InChI is InChI=1S/C9H18O.C2H4O/c1-7(2)5-9(10)6-8(3)4;1-2-3/h7-8H,5-6H2,1-4H3;2H,1H3. The Bertz CT molecular complexity index is 125. The summed E-state index contributed by atoms with van der Waals surface area (Å²) < 4.78 is 0. The minimum Gasteiger partial charge on any atom is -0.304 e. The number of aldehydes is 1. The summed E-state index contributed by atoms with van der Waals surface area (Å²) in [5.41, 5.74) is 0. The van der Waals surface area contributed by atoms with Crippen molar-refractivity contribution in [1.82, 2.24) is 0 Å². The largest absolute Gasteiger partial charge is 0.304 e. The summed E-state index contributed by atoms with van der Waals surface area (Å²) in [6.45, 7) is 9.77. The lowest BCUT2D eigenvalue weighted by Crippen LogP contribution is -2.05. The van der Waals surface area contributed by atoms with Crippen molar-refractivity contribution in [3.8, 4) is 0 Å². The summed E-state index contributed by atoms with van der Waals surface area (Å²) in [5, 5.41) is 0. The Morgan fingerprint density at radius 1 is 1.08 bits per heavy atom. The molecule has 0 aromatic carbocycles. The van der Waals surface area contributed by atoms with E-state index in [1.165, 1.54) is 6.92 Å². The number of hydrogen-bond donors (Lipinski definition) is 0. The van der Waals surface area contributed by atoms with Gasteiger partial charge in [0.1, 0.15) is 12.1 Å². The first-order valence-corrected chi connectivity index (χ1v) is 4.85. The van der Waals surface area contributed by atoms with Crippen LogP contribution in [0.2, 0.25) is 0 Å². The van der Waals surface area contributed by atoms with E-state index in [0.717, 1.165) is 19.1 Å². The Kier molecular flexibility index (Phi) is 10.8. The van der Waals surface area contributed by atoms with Crippen LogP contribution in [0.5, 0.6) is 0 Å². The lowest BCUT2D eigenvalue weighted by molar-refractivity contribution is -0.120. The zero-order valence-corrected chi connectivity index (χ0v) is 9.46. The van der Waals surface area contributed by atoms with Crippen molar-refractivity contribution in [2.75, 3.05) is 0 Å². The minimum absolute atomic E-state index is 0.407. The topological polar surface area (TPSA) is 34.1 Å². The molecule has 0 aromatic heterocycles. The molecule has 0 rings (SSSR count). The third kappa shape index (κ3) is 18.4. The predicted molar refractivity (Wildman–Crippen MR) is 55.7 cm³/mol. The molecule has 0 radical (unpaired) electrons. The molecule has 0 N–H and O–H groups in total. The molecule has 13 heavy (non-hydrogen) atoms. The van der Waals surface area contributed by atoms with Gasteiger partial charge in [0.05, 0.1) is 0 Å². The van der Waals surface area contributed by atoms with E-state index in [2.05, 4.69) is 27.7 Å². The Labute approximate surface area is 81.7 Å². The number of carbonyl (C=O) groups excluding carboxylic acids is 2. The Morgan fingerprint density at radius 3 is 1.46 bits per heavy atom. The molecule has 2 heteroatoms. The molecule has 0 saturated heterocycles. The van der Waals surface area contributed by atoms with Crippen LogP contribution >= 0.6 is 0 Å². The van der Waals surface area contributed by atoms with Gasteiger partial charge in [-0.15, -0.1) is 0 Å². The zero-order valence-electron chi connectivity index (χ0n) is 9.46. The second kappa shape index (κ2) is 9.43. The van der Waals surface area contributed by atoms with Gasteiger partial charge in [-0.1, -0.05) is 27.7 Å². The molecule has 0 heterocycles. The minimum atomic E-state index is 0.407. The van der Waals surface area contributed by atoms with E-state index in [4.69, 9.17) is 4.79 Å². The van der Waals surface area contributed by atoms with E-state index in [-0.39, 0.29) is 0 Å². The summed E-state index contributed by atoms with van der Waals surface area (Å²) in [7, 11) is 0. The summed E-state index contributed by atoms with van der Waals surface area (Å²) in [6, 6.07) is 0. The summed E-state index contributed by atoms with van der Waals surface area (Å²) >= 11 is 0. The van der Waals surface area contributed by atoms with Gasteiger partial charge in [-0.3, -0.25) is 4.79 Å². The molecule has 0 aliphatic heterocycles. The van der Waals surface area contributed by atoms with Crippen LogP contribution in [-0.2, 0) is 9.59 Å². The number of rotatable bonds is 4. The number of Topliss-reactive ketones (excluding diaryl/α,β-unsaturated/α-hetero) is 1. The Hall–Kier alpha value is -0.660. The van der Waals surface area contributed by atoms with Crippen molar-refractivity contribution >= 4 is 12.1 Å². The van der Waals surface area contributed by atoms with Gasteiger partial charge in [-0.2, -0.15) is 0 Å². The maximum Gasteiger partial charge on any atom is 0.133 e. The first-order valence-electron chi connectivity index (χ1n) is 4.85. The number of hydrogen-bond acceptors (Lipinski definition) is 2. The molecule has 0 amide bonds. The molecule has 0 unspecified atom stereocenters. The highest BCUT2D eigenvalue weighted by molar-refractivity contribution is 5.78. The van der Waals surface area contributed by atoms with E-state index in [0.29, 0.717) is 17.6 Å². The smallest absolute Gasteiger partial charge is 0.133 e. The van der Waals surface area contributed by atoms with Crippen LogP contribution < -0.4 is 0 Å². The first kappa shape index (κ1) is 14.8. The molecule has 0 fully saturated rings. The third-order valence-corrected chi connectivity index (χ3v) is 1.27. The average Bonchev–Trinajstić information content (AvgIpc) is 1.83. The molecule has 0 saturated carbocycles. The van der Waals surface area contributed by atoms with Crippen molar-refractivity contribution < 1.29 is 9.59 Å². The molecular weight excluding hydrogens is 164 g/mol. The van der Waals surface area contributed by atoms with Crippen molar-refractivity contribution in [2.24, 2.45) is 11.8 Å². The van der Waals surface area contributed by atoms with Gasteiger partial charge in [0.25, 0.3) is 0 Å². The van der Waals surface area contributed by atoms with Crippen LogP contribution in [0, 0.1) is 11.8 Å². The van der Waals surface area contributed by atoms with Gasteiger partial charge in [0, 0.05) is 12.8 Å². The SMILES string of the molecule is CC(C)CC(=O)CC(C)C.CC=O. The normalized spacial score (nSPS) is 9.46. The molecule has 0 aliphatic rings. The summed E-state index contributed by atoms with van der Waals surface area (Å²) in [4.78, 5) is 19.9. The average molecular weight is 186 g/mol. The van der Waals surface area contributed by atoms with Gasteiger partial charge in [0.2, 0.25) is 0 Å². The fourth-order valence-corrected chi connectivity index (χ4v) is 0.994. The Morgan fingerprint density at radius 2 is 1.31 bits per heavy atom. The van der Waals surface area contributed by atoms with Gasteiger partial charge < -0.3 is 4.79 Å². The Balaban J connectivity index is 0. The fraction of sp³-hybridized carbons (Fsp3) is 0.818. The molecule has 0 bridgehead atoms. The van der Waals surface area contributed by atoms with Crippen LogP contribution in [-0.4, -0.2) is 12.1 Å². The molecule has 0 aromatic rings. The van der Waals surface area contributed by atoms with E-state index >= 15 is 0 Å². The van der Waals surface area contributed by atoms with Crippen LogP contribution in [0.3, 0.4) is 0 Å². The first-order chi connectivity index (χ1) is 5.93. The quantitative estimate of drug-likeness (QED) is 0.633. The van der Waals surface area contributed by atoms with Gasteiger partial charge >= 0.3 is 0 Å². The maximum absolute atomic E-state index is 11.1. The van der Waals surface area contributed by atoms with E-state index in [1.807, 2.05) is 0 Å². The molecule has 0 aliphatic carbocycles. The summed E-state index contributed by atoms with van der Waals surface area (Å²) in [6.07, 6.45) is 2.25. The highest BCUT2D eigenvalue weighted by atomic mass is 16.1. The molecule has 2 nitrogen and oxygen atoms in total. The second-order valence-corrected chi connectivity index (χ2v) is 3.97. The molecular formula is C11H22O2. The van der Waals surface area contributed by atoms with Crippen LogP contribution in [0.4, 0.5) is 0 Å². The lowest BCUT2D eigenvalue weighted by Gasteiger charge is -2.05. The van der Waals surface area contributed by atoms with Gasteiger partial charge in [-0.25, -0.2) is 0 Å². The van der Waals surface area contributed by atoms with E-state index in [9.17, 15) is 4.79 Å². The number of ketones is 1. The second-order valence-electron chi connectivity index (χ2n) is 3.97. The van der Waals surface area contributed by atoms with Crippen LogP contribution in [0.15, 0.2) is 0 Å². The molecule has 78 valence electrons. The van der Waals surface area contributed by atoms with Crippen LogP contribution in [0.25, 0.3) is 0 Å². The van der Waals surface area contributed by atoms with E-state index < -0.39 is 0 Å². The third-order valence-electron chi connectivity index (χ3n) is 1.27. The van der Waals surface area contributed by atoms with E-state index in [1.54, 1.807) is 0 Å².